The van der Waals surface area contributed by atoms with Crippen LogP contribution < -0.4 is 5.73 Å². The molecule has 0 aliphatic rings. The van der Waals surface area contributed by atoms with Crippen molar-refractivity contribution in [3.05, 3.63) is 30.1 Å². The number of aliphatic hydroxyl groups excluding tert-OH is 2. The number of nitrogens with two attached hydrogens (primary N) is 1. The SMILES string of the molecule is CC(=O)SCC(O)C(O)c1c(N)ccc2nccnc12. The third-order valence-corrected chi connectivity index (χ3v) is 3.75. The van der Waals surface area contributed by atoms with E-state index in [2.05, 4.69) is 9.97 Å². The van der Waals surface area contributed by atoms with Crippen LogP contribution in [0.3, 0.4) is 0 Å². The Kier molecular flexibility index (Phi) is 4.53. The van der Waals surface area contributed by atoms with Gasteiger partial charge in [-0.2, -0.15) is 0 Å². The van der Waals surface area contributed by atoms with Crippen molar-refractivity contribution in [1.29, 1.82) is 0 Å². The summed E-state index contributed by atoms with van der Waals surface area (Å²) in [7, 11) is 0. The van der Waals surface area contributed by atoms with Crippen molar-refractivity contribution in [1.82, 2.24) is 9.97 Å². The van der Waals surface area contributed by atoms with Crippen LogP contribution in [-0.4, -0.2) is 37.2 Å². The van der Waals surface area contributed by atoms with Crippen LogP contribution in [0.25, 0.3) is 11.0 Å². The molecule has 1 aromatic heterocycles. The van der Waals surface area contributed by atoms with E-state index in [1.165, 1.54) is 19.3 Å². The van der Waals surface area contributed by atoms with Gasteiger partial charge in [0, 0.05) is 36.3 Å². The molecule has 0 amide bonds. The normalized spacial score (nSPS) is 14.2. The highest BCUT2D eigenvalue weighted by Gasteiger charge is 2.24. The number of carbonyl (C=O) groups excluding carboxylic acids is 1. The van der Waals surface area contributed by atoms with Crippen LogP contribution in [-0.2, 0) is 4.79 Å². The zero-order valence-corrected chi connectivity index (χ0v) is 11.7. The lowest BCUT2D eigenvalue weighted by atomic mass is 10.0. The van der Waals surface area contributed by atoms with Gasteiger partial charge >= 0.3 is 0 Å². The molecule has 2 unspecified atom stereocenters. The highest BCUT2D eigenvalue weighted by molar-refractivity contribution is 8.13. The molecular weight excluding hydrogens is 278 g/mol. The van der Waals surface area contributed by atoms with Crippen molar-refractivity contribution >= 4 is 33.6 Å². The Balaban J connectivity index is 2.35. The summed E-state index contributed by atoms with van der Waals surface area (Å²) in [6.45, 7) is 1.40. The minimum atomic E-state index is -1.22. The Morgan fingerprint density at radius 3 is 2.75 bits per heavy atom. The van der Waals surface area contributed by atoms with E-state index < -0.39 is 12.2 Å². The fourth-order valence-corrected chi connectivity index (χ4v) is 2.46. The van der Waals surface area contributed by atoms with Gasteiger partial charge in [-0.25, -0.2) is 0 Å². The molecule has 6 nitrogen and oxygen atoms in total. The maximum Gasteiger partial charge on any atom is 0.185 e. The summed E-state index contributed by atoms with van der Waals surface area (Å²) in [5.41, 5.74) is 7.58. The van der Waals surface area contributed by atoms with Gasteiger partial charge in [0.2, 0.25) is 0 Å². The highest BCUT2D eigenvalue weighted by atomic mass is 32.2. The zero-order chi connectivity index (χ0) is 14.7. The molecule has 0 aliphatic carbocycles. The van der Waals surface area contributed by atoms with Crippen molar-refractivity contribution < 1.29 is 15.0 Å². The highest BCUT2D eigenvalue weighted by Crippen LogP contribution is 2.30. The number of nitrogen functional groups attached to an aromatic ring is 1. The average Bonchev–Trinajstić information content (AvgIpc) is 2.44. The van der Waals surface area contributed by atoms with E-state index in [0.717, 1.165) is 11.8 Å². The fraction of sp³-hybridized carbons (Fsp3) is 0.308. The summed E-state index contributed by atoms with van der Waals surface area (Å²) >= 11 is 0.948. The number of fused-ring (bicyclic) bond motifs is 1. The van der Waals surface area contributed by atoms with Gasteiger partial charge in [0.15, 0.2) is 5.12 Å². The Morgan fingerprint density at radius 2 is 2.05 bits per heavy atom. The molecule has 0 fully saturated rings. The van der Waals surface area contributed by atoms with E-state index in [9.17, 15) is 15.0 Å². The summed E-state index contributed by atoms with van der Waals surface area (Å²) in [5, 5.41) is 20.1. The molecule has 4 N–H and O–H groups in total. The van der Waals surface area contributed by atoms with E-state index in [1.54, 1.807) is 12.1 Å². The molecule has 106 valence electrons. The molecular formula is C13H15N3O3S. The molecule has 2 atom stereocenters. The maximum atomic E-state index is 10.9. The molecule has 0 radical (unpaired) electrons. The summed E-state index contributed by atoms with van der Waals surface area (Å²) < 4.78 is 0. The van der Waals surface area contributed by atoms with Crippen molar-refractivity contribution in [3.63, 3.8) is 0 Å². The molecule has 0 spiro atoms. The third-order valence-electron chi connectivity index (χ3n) is 2.83. The lowest BCUT2D eigenvalue weighted by Crippen LogP contribution is -2.23. The van der Waals surface area contributed by atoms with Crippen LogP contribution in [0.2, 0.25) is 0 Å². The van der Waals surface area contributed by atoms with Crippen LogP contribution in [0, 0.1) is 0 Å². The van der Waals surface area contributed by atoms with Gasteiger partial charge in [-0.05, 0) is 12.1 Å². The van der Waals surface area contributed by atoms with E-state index in [-0.39, 0.29) is 10.9 Å². The van der Waals surface area contributed by atoms with Crippen molar-refractivity contribution in [2.24, 2.45) is 0 Å². The molecule has 2 rings (SSSR count). The first kappa shape index (κ1) is 14.7. The topological polar surface area (TPSA) is 109 Å². The molecule has 20 heavy (non-hydrogen) atoms. The van der Waals surface area contributed by atoms with Crippen LogP contribution in [0.4, 0.5) is 5.69 Å². The zero-order valence-electron chi connectivity index (χ0n) is 10.9. The summed E-state index contributed by atoms with van der Waals surface area (Å²) in [6.07, 6.45) is 0.701. The lowest BCUT2D eigenvalue weighted by molar-refractivity contribution is -0.109. The predicted octanol–water partition coefficient (Wildman–Crippen LogP) is 0.886. The Morgan fingerprint density at radius 1 is 1.35 bits per heavy atom. The molecule has 0 bridgehead atoms. The first-order valence-electron chi connectivity index (χ1n) is 5.99. The third kappa shape index (κ3) is 3.06. The van der Waals surface area contributed by atoms with E-state index in [0.29, 0.717) is 22.3 Å². The van der Waals surface area contributed by atoms with Crippen LogP contribution >= 0.6 is 11.8 Å². The minimum absolute atomic E-state index is 0.0899. The Hall–Kier alpha value is -1.70. The molecule has 0 saturated heterocycles. The van der Waals surface area contributed by atoms with E-state index in [1.807, 2.05) is 0 Å². The Labute approximate surface area is 120 Å². The summed E-state index contributed by atoms with van der Waals surface area (Å²) in [5.74, 6) is 0.0899. The second kappa shape index (κ2) is 6.17. The number of thioether (sulfide) groups is 1. The average molecular weight is 293 g/mol. The van der Waals surface area contributed by atoms with Gasteiger partial charge in [-0.15, -0.1) is 0 Å². The lowest BCUT2D eigenvalue weighted by Gasteiger charge is -2.20. The van der Waals surface area contributed by atoms with Crippen molar-refractivity contribution in [3.8, 4) is 0 Å². The molecule has 1 heterocycles. The minimum Gasteiger partial charge on any atom is -0.398 e. The number of hydrogen-bond donors (Lipinski definition) is 3. The summed E-state index contributed by atoms with van der Waals surface area (Å²) in [4.78, 5) is 19.2. The largest absolute Gasteiger partial charge is 0.398 e. The van der Waals surface area contributed by atoms with Crippen molar-refractivity contribution in [2.75, 3.05) is 11.5 Å². The number of benzene rings is 1. The number of nitrogens with zero attached hydrogens (tertiary/aromatic N) is 2. The monoisotopic (exact) mass is 293 g/mol. The van der Waals surface area contributed by atoms with Gasteiger partial charge in [-0.1, -0.05) is 11.8 Å². The summed E-state index contributed by atoms with van der Waals surface area (Å²) in [6, 6.07) is 3.31. The van der Waals surface area contributed by atoms with E-state index in [4.69, 9.17) is 5.73 Å². The van der Waals surface area contributed by atoms with Gasteiger partial charge in [0.05, 0.1) is 17.1 Å². The van der Waals surface area contributed by atoms with Gasteiger partial charge < -0.3 is 15.9 Å². The van der Waals surface area contributed by atoms with Gasteiger partial charge in [-0.3, -0.25) is 14.8 Å². The number of anilines is 1. The standard InChI is InChI=1S/C13H15N3O3S/c1-7(17)20-6-10(18)13(19)11-8(14)2-3-9-12(11)16-5-4-15-9/h2-5,10,13,18-19H,6,14H2,1H3. The number of rotatable bonds is 4. The smallest absolute Gasteiger partial charge is 0.185 e. The van der Waals surface area contributed by atoms with Crippen LogP contribution in [0.1, 0.15) is 18.6 Å². The van der Waals surface area contributed by atoms with Crippen LogP contribution in [0.5, 0.6) is 0 Å². The number of aromatic nitrogens is 2. The van der Waals surface area contributed by atoms with Crippen LogP contribution in [0.15, 0.2) is 24.5 Å². The number of aliphatic hydroxyl groups is 2. The molecule has 0 saturated carbocycles. The maximum absolute atomic E-state index is 10.9. The predicted molar refractivity (Wildman–Crippen MR) is 78.1 cm³/mol. The van der Waals surface area contributed by atoms with E-state index >= 15 is 0 Å². The molecule has 0 aliphatic heterocycles. The second-order valence-electron chi connectivity index (χ2n) is 4.31. The number of hydrogen-bond acceptors (Lipinski definition) is 7. The fourth-order valence-electron chi connectivity index (χ4n) is 1.87. The number of carbonyl (C=O) groups is 1. The second-order valence-corrected chi connectivity index (χ2v) is 5.50. The quantitative estimate of drug-likeness (QED) is 0.718. The van der Waals surface area contributed by atoms with Gasteiger partial charge in [0.25, 0.3) is 0 Å². The first-order chi connectivity index (χ1) is 9.50. The molecule has 2 aromatic rings. The van der Waals surface area contributed by atoms with Gasteiger partial charge in [0.1, 0.15) is 6.10 Å². The Bertz CT molecular complexity index is 635. The molecule has 1 aromatic carbocycles. The molecule has 7 heteroatoms. The first-order valence-corrected chi connectivity index (χ1v) is 6.98. The van der Waals surface area contributed by atoms with Crippen molar-refractivity contribution in [2.45, 2.75) is 19.1 Å².